The van der Waals surface area contributed by atoms with Crippen LogP contribution >= 0.6 is 0 Å². The average Bonchev–Trinajstić information content (AvgIpc) is 1.56. The maximum absolute atomic E-state index is 6.03. The number of fused-ring (bicyclic) bond motifs is 31. The second kappa shape index (κ2) is 29.8. The number of hydrogen-bond acceptors (Lipinski definition) is 2. The Labute approximate surface area is 854 Å². The minimum Gasteiger partial charge on any atom is -0.309 e. The highest BCUT2D eigenvalue weighted by atomic mass is 15.2. The SMILES string of the molecule is CC1(C)c2ccccc2-c2ccc(-n3c4ccccc4c4cc(-c5ccc6c(c5)c5cc(-c7ccc8c(c7)c7ccccc7n8-c7ccc8c(c7)C(C)(C)c7ccccc7-8)ccc5n6-c5nc6ccccc6nc5-n5c6ccc(-c7ccc8c(c7)c7ccccc7n8-c7ccc8c(c7)C(C)(C)c7ccccc7-8)cc6c6cc(-c7ccc8c(c7)c7ccccc7n8-c7ccc8c(c7)C(C)(C)c7ccccc7-8)ccc65)ccc43)cc21. The van der Waals surface area contributed by atoms with E-state index in [4.69, 9.17) is 9.97 Å². The lowest BCUT2D eigenvalue weighted by Crippen LogP contribution is -2.15. The van der Waals surface area contributed by atoms with Gasteiger partial charge in [0.15, 0.2) is 11.6 Å². The van der Waals surface area contributed by atoms with E-state index in [9.17, 15) is 0 Å². The van der Waals surface area contributed by atoms with E-state index in [2.05, 4.69) is 520 Å². The summed E-state index contributed by atoms with van der Waals surface area (Å²) in [6, 6.07) is 166. The first-order valence-electron chi connectivity index (χ1n) is 52.0. The fraction of sp³-hybridized carbons (Fsp3) is 0.0857. The summed E-state index contributed by atoms with van der Waals surface area (Å²) in [6.45, 7) is 19.0. The molecule has 0 unspecified atom stereocenters. The van der Waals surface area contributed by atoms with E-state index in [1.807, 2.05) is 0 Å². The lowest BCUT2D eigenvalue weighted by molar-refractivity contribution is 0.660. The molecule has 21 aromatic carbocycles. The third-order valence-corrected chi connectivity index (χ3v) is 34.8. The predicted octanol–water partition coefficient (Wildman–Crippen LogP) is 36.1. The van der Waals surface area contributed by atoms with Crippen molar-refractivity contribution >= 4 is 142 Å². The molecule has 0 bridgehead atoms. The van der Waals surface area contributed by atoms with Crippen LogP contribution in [0.1, 0.15) is 99.9 Å². The topological polar surface area (TPSA) is 55.4 Å². The summed E-state index contributed by atoms with van der Waals surface area (Å²) in [4.78, 5) is 12.1. The lowest BCUT2D eigenvalue weighted by atomic mass is 9.82. The van der Waals surface area contributed by atoms with Crippen molar-refractivity contribution in [3.05, 3.63) is 481 Å². The van der Waals surface area contributed by atoms with Crippen molar-refractivity contribution in [1.29, 1.82) is 0 Å². The molecule has 4 aliphatic rings. The van der Waals surface area contributed by atoms with Gasteiger partial charge < -0.3 is 18.3 Å². The third-order valence-electron chi connectivity index (χ3n) is 34.8. The minimum atomic E-state index is -0.160. The van der Waals surface area contributed by atoms with Crippen molar-refractivity contribution in [1.82, 2.24) is 37.4 Å². The summed E-state index contributed by atoms with van der Waals surface area (Å²) in [5, 5.41) is 14.0. The van der Waals surface area contributed by atoms with Crippen LogP contribution in [0.2, 0.25) is 0 Å². The Balaban J connectivity index is 0.597. The Morgan fingerprint density at radius 3 is 0.547 bits per heavy atom. The number of nitrogens with zero attached hydrogens (tertiary/aromatic N) is 8. The van der Waals surface area contributed by atoms with Crippen LogP contribution in [0, 0.1) is 0 Å². The van der Waals surface area contributed by atoms with E-state index in [1.54, 1.807) is 0 Å². The Kier molecular flexibility index (Phi) is 16.7. The highest BCUT2D eigenvalue weighted by Crippen LogP contribution is 2.57. The molecule has 0 atom stereocenters. The van der Waals surface area contributed by atoms with Gasteiger partial charge in [-0.25, -0.2) is 9.97 Å². The van der Waals surface area contributed by atoms with Crippen molar-refractivity contribution in [2.75, 3.05) is 0 Å². The van der Waals surface area contributed by atoms with Gasteiger partial charge in [0.2, 0.25) is 0 Å². The Bertz CT molecular complexity index is 9680. The van der Waals surface area contributed by atoms with Crippen LogP contribution in [0.5, 0.6) is 0 Å². The van der Waals surface area contributed by atoms with Crippen molar-refractivity contribution in [2.24, 2.45) is 0 Å². The molecule has 7 heterocycles. The van der Waals surface area contributed by atoms with Crippen molar-refractivity contribution < 1.29 is 0 Å². The molecule has 0 saturated heterocycles. The fourth-order valence-corrected chi connectivity index (χ4v) is 27.6. The van der Waals surface area contributed by atoms with Crippen LogP contribution in [0.15, 0.2) is 437 Å². The molecule has 4 aliphatic carbocycles. The second-order valence-corrected chi connectivity index (χ2v) is 43.9. The van der Waals surface area contributed by atoms with Gasteiger partial charge in [0.05, 0.1) is 77.2 Å². The molecule has 0 N–H and O–H groups in total. The summed E-state index contributed by atoms with van der Waals surface area (Å²) in [6.07, 6.45) is 0. The molecular weight excluding hydrogens is 1790 g/mol. The monoisotopic (exact) mass is 1890 g/mol. The minimum absolute atomic E-state index is 0.160. The Morgan fingerprint density at radius 1 is 0.142 bits per heavy atom. The molecule has 0 fully saturated rings. The van der Waals surface area contributed by atoms with E-state index < -0.39 is 0 Å². The van der Waals surface area contributed by atoms with E-state index in [0.717, 1.165) is 144 Å². The van der Waals surface area contributed by atoms with Gasteiger partial charge >= 0.3 is 0 Å². The van der Waals surface area contributed by atoms with Crippen LogP contribution in [0.4, 0.5) is 0 Å². The van der Waals surface area contributed by atoms with Crippen LogP contribution in [-0.2, 0) is 21.7 Å². The zero-order chi connectivity index (χ0) is 98.1. The Hall–Kier alpha value is -18.2. The van der Waals surface area contributed by atoms with Crippen LogP contribution < -0.4 is 0 Å². The third kappa shape index (κ3) is 11.4. The molecule has 8 nitrogen and oxygen atoms in total. The summed E-state index contributed by atoms with van der Waals surface area (Å²) < 4.78 is 14.8. The quantitative estimate of drug-likeness (QED) is 0.137. The largest absolute Gasteiger partial charge is 0.309 e. The van der Waals surface area contributed by atoms with Gasteiger partial charge in [0, 0.05) is 109 Å². The molecule has 0 aliphatic heterocycles. The molecule has 0 radical (unpaired) electrons. The van der Waals surface area contributed by atoms with Crippen LogP contribution in [-0.4, -0.2) is 37.4 Å². The normalized spacial score (nSPS) is 14.3. The highest BCUT2D eigenvalue weighted by molar-refractivity contribution is 6.19. The van der Waals surface area contributed by atoms with Crippen LogP contribution in [0.25, 0.3) is 265 Å². The molecule has 0 saturated carbocycles. The van der Waals surface area contributed by atoms with Gasteiger partial charge in [0.25, 0.3) is 0 Å². The maximum atomic E-state index is 6.03. The van der Waals surface area contributed by atoms with Crippen molar-refractivity contribution in [3.8, 4) is 123 Å². The number of aromatic nitrogens is 8. The smallest absolute Gasteiger partial charge is 0.182 e. The van der Waals surface area contributed by atoms with Gasteiger partial charge in [-0.2, -0.15) is 0 Å². The number of rotatable bonds is 10. The molecule has 8 heteroatoms. The van der Waals surface area contributed by atoms with Crippen molar-refractivity contribution in [3.63, 3.8) is 0 Å². The number of benzene rings is 21. The zero-order valence-corrected chi connectivity index (χ0v) is 83.1. The number of hydrogen-bond donors (Lipinski definition) is 0. The van der Waals surface area contributed by atoms with Crippen LogP contribution in [0.3, 0.4) is 0 Å². The Morgan fingerprint density at radius 2 is 0.318 bits per heavy atom. The van der Waals surface area contributed by atoms with Gasteiger partial charge in [-0.3, -0.25) is 9.13 Å². The summed E-state index contributed by atoms with van der Waals surface area (Å²) in [5.74, 6) is 1.42. The van der Waals surface area contributed by atoms with Gasteiger partial charge in [0.1, 0.15) is 0 Å². The van der Waals surface area contributed by atoms with Gasteiger partial charge in [-0.05, 0) is 316 Å². The highest BCUT2D eigenvalue weighted by Gasteiger charge is 2.41. The van der Waals surface area contributed by atoms with E-state index in [0.29, 0.717) is 11.6 Å². The van der Waals surface area contributed by atoms with E-state index >= 15 is 0 Å². The standard InChI is InChI=1S/C140H96N8/c1-137(2)113-35-17-9-27-93(113)97-57-53-89(77-117(97)137)143-123-41-23-13-31-101(123)105-69-81(45-61-127(105)143)85-49-65-131-109(73-85)110-74-86(82-46-62-128-106(70-82)102-32-14-24-42-124(102)144(128)90-54-58-98-94-28-10-18-36-114(94)138(3,4)118(98)78-90)50-66-132(110)147(131)135-136(142-122-40-22-21-39-121(122)141-135)148-133-67-51-87(83-47-63-129-107(71-83)103-33-15-25-43-125(103)145(129)91-55-59-99-95-29-11-19-37-115(95)139(5,6)119(99)79-91)75-111(133)112-76-88(52-68-134(112)148)84-48-64-130-108(72-84)104-34-16-26-44-126(104)146(130)92-56-60-100-96-30-12-20-38-116(96)140(7,8)120(100)80-92/h9-80H,1-8H3. The van der Waals surface area contributed by atoms with Crippen molar-refractivity contribution in [2.45, 2.75) is 77.0 Å². The summed E-state index contributed by atoms with van der Waals surface area (Å²) in [7, 11) is 0. The molecule has 696 valence electrons. The van der Waals surface area contributed by atoms with Gasteiger partial charge in [-0.1, -0.05) is 310 Å². The molecule has 7 aromatic heterocycles. The number of para-hydroxylation sites is 6. The van der Waals surface area contributed by atoms with E-state index in [1.165, 1.54) is 154 Å². The zero-order valence-electron chi connectivity index (χ0n) is 83.1. The average molecular weight is 1890 g/mol. The molecule has 32 rings (SSSR count). The van der Waals surface area contributed by atoms with Gasteiger partial charge in [-0.15, -0.1) is 0 Å². The summed E-state index contributed by atoms with van der Waals surface area (Å²) >= 11 is 0. The fourth-order valence-electron chi connectivity index (χ4n) is 27.6. The second-order valence-electron chi connectivity index (χ2n) is 43.9. The summed E-state index contributed by atoms with van der Waals surface area (Å²) in [5.41, 5.74) is 49.3. The molecular formula is C140H96N8. The molecule has 0 amide bonds. The predicted molar refractivity (Wildman–Crippen MR) is 618 cm³/mol. The molecule has 148 heavy (non-hydrogen) atoms. The van der Waals surface area contributed by atoms with E-state index in [-0.39, 0.29) is 21.7 Å². The molecule has 28 aromatic rings. The first-order valence-corrected chi connectivity index (χ1v) is 52.0. The lowest BCUT2D eigenvalue weighted by Gasteiger charge is -2.22. The molecule has 0 spiro atoms. The maximum Gasteiger partial charge on any atom is 0.182 e. The first-order chi connectivity index (χ1) is 72.4. The first kappa shape index (κ1) is 83.2.